The topological polar surface area (TPSA) is 69.3 Å². The van der Waals surface area contributed by atoms with Crippen LogP contribution in [0.25, 0.3) is 10.9 Å². The number of carbonyl (C=O) groups excluding carboxylic acids is 1. The molecule has 1 saturated heterocycles. The number of pyridine rings is 2. The number of rotatable bonds is 2. The first kappa shape index (κ1) is 20.8. The van der Waals surface area contributed by atoms with Gasteiger partial charge in [-0.2, -0.15) is 11.8 Å². The summed E-state index contributed by atoms with van der Waals surface area (Å²) in [5, 5.41) is 1.01. The average Bonchev–Trinajstić information content (AvgIpc) is 2.79. The van der Waals surface area contributed by atoms with Gasteiger partial charge in [0, 0.05) is 72.0 Å². The Labute approximate surface area is 185 Å². The third kappa shape index (κ3) is 3.79. The first-order valence-electron chi connectivity index (χ1n) is 9.90. The highest BCUT2D eigenvalue weighted by molar-refractivity contribution is 7.98. The second kappa shape index (κ2) is 8.70. The number of amides is 1. The van der Waals surface area contributed by atoms with Crippen LogP contribution in [-0.2, 0) is 12.2 Å². The minimum absolute atomic E-state index is 0. The van der Waals surface area contributed by atoms with Gasteiger partial charge in [0.15, 0.2) is 0 Å². The predicted molar refractivity (Wildman–Crippen MR) is 124 cm³/mol. The molecule has 0 bridgehead atoms. The molecule has 3 aromatic rings. The number of carbonyl (C=O) groups is 1. The standard InChI is InChI=1S/C22H22N4O2S.ClH/c27-21-19-14-29-12-5-17(19)18-13-15(1-2-20(18)24-21)22(28)26-10-8-25(9-11-26)16-3-6-23-7-4-16;/h1-4,6-7,13H,5,8-12,14H2,(H,24,27);1H. The molecule has 30 heavy (non-hydrogen) atoms. The van der Waals surface area contributed by atoms with Crippen LogP contribution < -0.4 is 10.5 Å². The zero-order valence-corrected chi connectivity index (χ0v) is 18.1. The molecule has 0 atom stereocenters. The smallest absolute Gasteiger partial charge is 0.253 e. The summed E-state index contributed by atoms with van der Waals surface area (Å²) in [6, 6.07) is 9.68. The van der Waals surface area contributed by atoms with Gasteiger partial charge in [0.1, 0.15) is 0 Å². The molecule has 0 saturated carbocycles. The van der Waals surface area contributed by atoms with Crippen molar-refractivity contribution in [1.82, 2.24) is 14.9 Å². The Bertz CT molecular complexity index is 1130. The van der Waals surface area contributed by atoms with Gasteiger partial charge in [-0.3, -0.25) is 14.6 Å². The van der Waals surface area contributed by atoms with E-state index in [0.29, 0.717) is 18.7 Å². The number of anilines is 1. The summed E-state index contributed by atoms with van der Waals surface area (Å²) in [6.07, 6.45) is 4.47. The summed E-state index contributed by atoms with van der Waals surface area (Å²) in [4.78, 5) is 36.7. The number of aryl methyl sites for hydroxylation is 1. The van der Waals surface area contributed by atoms with Gasteiger partial charge >= 0.3 is 0 Å². The lowest BCUT2D eigenvalue weighted by molar-refractivity contribution is 0.0747. The fourth-order valence-corrected chi connectivity index (χ4v) is 5.23. The van der Waals surface area contributed by atoms with Crippen molar-refractivity contribution in [3.05, 3.63) is 69.8 Å². The number of benzene rings is 1. The summed E-state index contributed by atoms with van der Waals surface area (Å²) < 4.78 is 0. The number of halogens is 1. The highest BCUT2D eigenvalue weighted by Gasteiger charge is 2.23. The number of hydrogen-bond acceptors (Lipinski definition) is 5. The van der Waals surface area contributed by atoms with Gasteiger partial charge in [-0.05, 0) is 48.1 Å². The molecular weight excluding hydrogens is 420 g/mol. The van der Waals surface area contributed by atoms with Crippen LogP contribution in [-0.4, -0.2) is 52.7 Å². The van der Waals surface area contributed by atoms with E-state index < -0.39 is 0 Å². The molecule has 0 spiro atoms. The second-order valence-electron chi connectivity index (χ2n) is 7.46. The minimum Gasteiger partial charge on any atom is -0.368 e. The van der Waals surface area contributed by atoms with E-state index in [9.17, 15) is 9.59 Å². The van der Waals surface area contributed by atoms with Crippen molar-refractivity contribution in [2.45, 2.75) is 12.2 Å². The van der Waals surface area contributed by atoms with Crippen molar-refractivity contribution in [3.8, 4) is 0 Å². The van der Waals surface area contributed by atoms with Gasteiger partial charge in [0.2, 0.25) is 0 Å². The number of nitrogens with zero attached hydrogens (tertiary/aromatic N) is 3. The maximum atomic E-state index is 13.1. The first-order chi connectivity index (χ1) is 14.2. The van der Waals surface area contributed by atoms with E-state index in [4.69, 9.17) is 0 Å². The number of thioether (sulfide) groups is 1. The Balaban J connectivity index is 0.00000218. The van der Waals surface area contributed by atoms with Crippen LogP contribution in [0.15, 0.2) is 47.5 Å². The zero-order chi connectivity index (χ0) is 19.8. The van der Waals surface area contributed by atoms with Gasteiger partial charge in [0.25, 0.3) is 11.5 Å². The number of hydrogen-bond donors (Lipinski definition) is 1. The third-order valence-corrected chi connectivity index (χ3v) is 6.80. The van der Waals surface area contributed by atoms with Crippen molar-refractivity contribution in [2.24, 2.45) is 0 Å². The molecule has 5 rings (SSSR count). The van der Waals surface area contributed by atoms with Crippen LogP contribution in [0.4, 0.5) is 5.69 Å². The maximum Gasteiger partial charge on any atom is 0.253 e. The summed E-state index contributed by atoms with van der Waals surface area (Å²) in [6.45, 7) is 3.01. The van der Waals surface area contributed by atoms with Crippen LogP contribution >= 0.6 is 24.2 Å². The molecule has 0 unspecified atom stereocenters. The van der Waals surface area contributed by atoms with Crippen LogP contribution in [0.2, 0.25) is 0 Å². The van der Waals surface area contributed by atoms with Crippen LogP contribution in [0, 0.1) is 0 Å². The van der Waals surface area contributed by atoms with E-state index in [1.54, 1.807) is 24.2 Å². The van der Waals surface area contributed by atoms with Crippen molar-refractivity contribution < 1.29 is 4.79 Å². The van der Waals surface area contributed by atoms with Crippen molar-refractivity contribution >= 4 is 46.7 Å². The Morgan fingerprint density at radius 2 is 1.80 bits per heavy atom. The fraction of sp³-hybridized carbons (Fsp3) is 0.318. The van der Waals surface area contributed by atoms with Crippen molar-refractivity contribution in [3.63, 3.8) is 0 Å². The second-order valence-corrected chi connectivity index (χ2v) is 8.56. The Kier molecular flexibility index (Phi) is 6.01. The maximum absolute atomic E-state index is 13.1. The molecule has 0 radical (unpaired) electrons. The molecule has 1 aromatic carbocycles. The summed E-state index contributed by atoms with van der Waals surface area (Å²) in [5.74, 6) is 1.82. The summed E-state index contributed by atoms with van der Waals surface area (Å²) in [5.41, 5.74) is 4.64. The van der Waals surface area contributed by atoms with Gasteiger partial charge in [-0.15, -0.1) is 12.4 Å². The lowest BCUT2D eigenvalue weighted by Crippen LogP contribution is -2.48. The lowest BCUT2D eigenvalue weighted by Gasteiger charge is -2.36. The highest BCUT2D eigenvalue weighted by Crippen LogP contribution is 2.28. The lowest BCUT2D eigenvalue weighted by atomic mass is 9.99. The van der Waals surface area contributed by atoms with Gasteiger partial charge in [-0.25, -0.2) is 0 Å². The molecule has 1 N–H and O–H groups in total. The van der Waals surface area contributed by atoms with E-state index in [1.807, 2.05) is 35.2 Å². The quantitative estimate of drug-likeness (QED) is 0.660. The molecule has 2 aliphatic rings. The third-order valence-electron chi connectivity index (χ3n) is 5.82. The van der Waals surface area contributed by atoms with Crippen molar-refractivity contribution in [1.29, 1.82) is 0 Å². The molecule has 2 aliphatic heterocycles. The van der Waals surface area contributed by atoms with Gasteiger partial charge < -0.3 is 14.8 Å². The zero-order valence-electron chi connectivity index (χ0n) is 16.5. The number of aromatic nitrogens is 2. The van der Waals surface area contributed by atoms with Crippen LogP contribution in [0.1, 0.15) is 21.5 Å². The normalized spacial score (nSPS) is 16.1. The molecule has 8 heteroatoms. The van der Waals surface area contributed by atoms with E-state index in [2.05, 4.69) is 14.9 Å². The van der Waals surface area contributed by atoms with E-state index in [1.165, 1.54) is 0 Å². The molecule has 1 fully saturated rings. The molecule has 2 aromatic heterocycles. The Morgan fingerprint density at radius 3 is 2.57 bits per heavy atom. The molecular formula is C22H23ClN4O2S. The fourth-order valence-electron chi connectivity index (χ4n) is 4.23. The SMILES string of the molecule is Cl.O=C(c1ccc2[nH]c(=O)c3c(c2c1)CCSC3)N1CCN(c2ccncc2)CC1. The van der Waals surface area contributed by atoms with Crippen LogP contribution in [0.3, 0.4) is 0 Å². The number of nitrogens with one attached hydrogen (secondary N) is 1. The summed E-state index contributed by atoms with van der Waals surface area (Å²) >= 11 is 1.79. The van der Waals surface area contributed by atoms with Gasteiger partial charge in [0.05, 0.1) is 0 Å². The molecule has 6 nitrogen and oxygen atoms in total. The molecule has 0 aliphatic carbocycles. The summed E-state index contributed by atoms with van der Waals surface area (Å²) in [7, 11) is 0. The molecule has 1 amide bonds. The number of H-pyrrole nitrogens is 1. The average molecular weight is 443 g/mol. The van der Waals surface area contributed by atoms with E-state index in [-0.39, 0.29) is 23.9 Å². The Hall–Kier alpha value is -2.51. The number of piperazine rings is 1. The van der Waals surface area contributed by atoms with Crippen LogP contribution in [0.5, 0.6) is 0 Å². The number of aromatic amines is 1. The van der Waals surface area contributed by atoms with Gasteiger partial charge in [-0.1, -0.05) is 0 Å². The van der Waals surface area contributed by atoms with E-state index >= 15 is 0 Å². The highest BCUT2D eigenvalue weighted by atomic mass is 35.5. The number of fused-ring (bicyclic) bond motifs is 3. The first-order valence-corrected chi connectivity index (χ1v) is 11.1. The largest absolute Gasteiger partial charge is 0.368 e. The van der Waals surface area contributed by atoms with E-state index in [0.717, 1.165) is 58.7 Å². The monoisotopic (exact) mass is 442 g/mol. The Morgan fingerprint density at radius 1 is 1.03 bits per heavy atom. The predicted octanol–water partition coefficient (Wildman–Crippen LogP) is 3.10. The minimum atomic E-state index is 0. The van der Waals surface area contributed by atoms with Crippen molar-refractivity contribution in [2.75, 3.05) is 36.8 Å². The molecule has 156 valence electrons. The molecule has 4 heterocycles.